The average molecular weight is 307 g/mol. The largest absolute Gasteiger partial charge is 0.384 e. The van der Waals surface area contributed by atoms with E-state index in [2.05, 4.69) is 11.2 Å². The summed E-state index contributed by atoms with van der Waals surface area (Å²) in [6, 6.07) is 2.50. The number of hydrogen-bond acceptors (Lipinski definition) is 1. The van der Waals surface area contributed by atoms with Gasteiger partial charge in [0.1, 0.15) is 11.6 Å². The minimum atomic E-state index is -0.561. The van der Waals surface area contributed by atoms with Crippen molar-refractivity contribution >= 4 is 28.3 Å². The molecule has 0 atom stereocenters. The summed E-state index contributed by atoms with van der Waals surface area (Å²) in [5.74, 6) is 1.30. The topological polar surface area (TPSA) is 12.0 Å². The highest BCUT2D eigenvalue weighted by Gasteiger charge is 2.07. The lowest BCUT2D eigenvalue weighted by Crippen LogP contribution is -2.02. The Bertz CT molecular complexity index is 348. The molecule has 0 heterocycles. The monoisotopic (exact) mass is 307 g/mol. The fraction of sp³-hybridized carbons (Fsp3) is 0.200. The van der Waals surface area contributed by atoms with Crippen LogP contribution < -0.4 is 5.32 Å². The molecule has 1 aromatic carbocycles. The molecule has 0 aromatic heterocycles. The second-order valence-electron chi connectivity index (χ2n) is 2.63. The van der Waals surface area contributed by atoms with Crippen LogP contribution in [0.5, 0.6) is 0 Å². The highest BCUT2D eigenvalue weighted by atomic mass is 127. The number of rotatable bonds is 3. The molecule has 1 aromatic rings. The van der Waals surface area contributed by atoms with Gasteiger partial charge in [0.15, 0.2) is 0 Å². The van der Waals surface area contributed by atoms with Crippen LogP contribution in [-0.4, -0.2) is 6.54 Å². The Morgan fingerprint density at radius 3 is 2.43 bits per heavy atom. The maximum atomic E-state index is 13.0. The second-order valence-corrected chi connectivity index (χ2v) is 3.71. The van der Waals surface area contributed by atoms with Crippen LogP contribution in [0.1, 0.15) is 6.42 Å². The van der Waals surface area contributed by atoms with Gasteiger partial charge in [-0.25, -0.2) is 8.78 Å². The predicted octanol–water partition coefficient (Wildman–Crippen LogP) is 3.00. The molecule has 74 valence electrons. The fourth-order valence-corrected chi connectivity index (χ4v) is 1.25. The SMILES string of the molecule is C#CCCNc1cc(F)c(I)c(F)c1. The summed E-state index contributed by atoms with van der Waals surface area (Å²) in [7, 11) is 0. The van der Waals surface area contributed by atoms with Crippen LogP contribution in [0, 0.1) is 27.5 Å². The summed E-state index contributed by atoms with van der Waals surface area (Å²) < 4.78 is 26.0. The number of nitrogens with one attached hydrogen (secondary N) is 1. The molecule has 0 amide bonds. The Morgan fingerprint density at radius 2 is 1.93 bits per heavy atom. The first-order valence-corrected chi connectivity index (χ1v) is 5.05. The molecule has 1 N–H and O–H groups in total. The quantitative estimate of drug-likeness (QED) is 0.392. The molecule has 0 unspecified atom stereocenters. The fourth-order valence-electron chi connectivity index (χ4n) is 0.937. The Morgan fingerprint density at radius 1 is 1.36 bits per heavy atom. The van der Waals surface area contributed by atoms with Gasteiger partial charge in [0.2, 0.25) is 0 Å². The second kappa shape index (κ2) is 5.15. The highest BCUT2D eigenvalue weighted by Crippen LogP contribution is 2.20. The van der Waals surface area contributed by atoms with E-state index < -0.39 is 11.6 Å². The molecule has 0 spiro atoms. The minimum Gasteiger partial charge on any atom is -0.384 e. The maximum Gasteiger partial charge on any atom is 0.141 e. The van der Waals surface area contributed by atoms with Crippen molar-refractivity contribution in [3.63, 3.8) is 0 Å². The normalized spacial score (nSPS) is 9.57. The van der Waals surface area contributed by atoms with E-state index in [0.717, 1.165) is 0 Å². The zero-order chi connectivity index (χ0) is 10.6. The third-order valence-electron chi connectivity index (χ3n) is 1.58. The first kappa shape index (κ1) is 11.2. The van der Waals surface area contributed by atoms with Crippen LogP contribution in [0.15, 0.2) is 12.1 Å². The van der Waals surface area contributed by atoms with Gasteiger partial charge in [-0.05, 0) is 34.7 Å². The Kier molecular flexibility index (Phi) is 4.14. The summed E-state index contributed by atoms with van der Waals surface area (Å²) in [4.78, 5) is 0. The zero-order valence-electron chi connectivity index (χ0n) is 7.28. The average Bonchev–Trinajstić information content (AvgIpc) is 2.14. The van der Waals surface area contributed by atoms with Crippen molar-refractivity contribution in [3.8, 4) is 12.3 Å². The molecule has 14 heavy (non-hydrogen) atoms. The Hall–Kier alpha value is -0.830. The first-order valence-electron chi connectivity index (χ1n) is 3.97. The molecular weight excluding hydrogens is 299 g/mol. The Balaban J connectivity index is 2.75. The number of hydrogen-bond donors (Lipinski definition) is 1. The number of terminal acetylenes is 1. The van der Waals surface area contributed by atoms with Crippen LogP contribution >= 0.6 is 22.6 Å². The van der Waals surface area contributed by atoms with Crippen molar-refractivity contribution in [1.82, 2.24) is 0 Å². The van der Waals surface area contributed by atoms with Crippen LogP contribution in [0.2, 0.25) is 0 Å². The molecule has 0 aliphatic heterocycles. The summed E-state index contributed by atoms with van der Waals surface area (Å²) in [6.45, 7) is 0.510. The van der Waals surface area contributed by atoms with Crippen LogP contribution in [0.4, 0.5) is 14.5 Å². The molecule has 4 heteroatoms. The summed E-state index contributed by atoms with van der Waals surface area (Å²) in [5.41, 5.74) is 0.413. The van der Waals surface area contributed by atoms with Gasteiger partial charge in [-0.1, -0.05) is 0 Å². The molecule has 0 saturated carbocycles. The number of anilines is 1. The van der Waals surface area contributed by atoms with Gasteiger partial charge in [0, 0.05) is 18.7 Å². The molecule has 0 saturated heterocycles. The molecule has 0 bridgehead atoms. The molecule has 1 nitrogen and oxygen atoms in total. The standard InChI is InChI=1S/C10H8F2IN/c1-2-3-4-14-7-5-8(11)10(13)9(12)6-7/h1,5-6,14H,3-4H2. The first-order chi connectivity index (χ1) is 6.65. The lowest BCUT2D eigenvalue weighted by Gasteiger charge is -2.05. The van der Waals surface area contributed by atoms with Gasteiger partial charge in [-0.2, -0.15) is 0 Å². The van der Waals surface area contributed by atoms with Gasteiger partial charge in [0.05, 0.1) is 3.57 Å². The summed E-state index contributed by atoms with van der Waals surface area (Å²) in [6.07, 6.45) is 5.56. The number of benzene rings is 1. The molecule has 1 rings (SSSR count). The van der Waals surface area contributed by atoms with Gasteiger partial charge < -0.3 is 5.32 Å². The predicted molar refractivity (Wildman–Crippen MR) is 61.0 cm³/mol. The lowest BCUT2D eigenvalue weighted by atomic mass is 10.3. The highest BCUT2D eigenvalue weighted by molar-refractivity contribution is 14.1. The van der Waals surface area contributed by atoms with Gasteiger partial charge in [-0.15, -0.1) is 12.3 Å². The minimum absolute atomic E-state index is 0.00472. The van der Waals surface area contributed by atoms with Crippen molar-refractivity contribution in [3.05, 3.63) is 27.3 Å². The third-order valence-corrected chi connectivity index (χ3v) is 2.61. The van der Waals surface area contributed by atoms with E-state index in [-0.39, 0.29) is 3.57 Å². The van der Waals surface area contributed by atoms with E-state index in [1.54, 1.807) is 22.6 Å². The molecular formula is C10H8F2IN. The zero-order valence-corrected chi connectivity index (χ0v) is 9.44. The van der Waals surface area contributed by atoms with E-state index in [4.69, 9.17) is 6.42 Å². The van der Waals surface area contributed by atoms with Crippen LogP contribution in [0.3, 0.4) is 0 Å². The maximum absolute atomic E-state index is 13.0. The molecule has 0 fully saturated rings. The lowest BCUT2D eigenvalue weighted by molar-refractivity contribution is 0.571. The van der Waals surface area contributed by atoms with E-state index in [1.807, 2.05) is 0 Å². The van der Waals surface area contributed by atoms with Gasteiger partial charge >= 0.3 is 0 Å². The smallest absolute Gasteiger partial charge is 0.141 e. The van der Waals surface area contributed by atoms with Crippen molar-refractivity contribution < 1.29 is 8.78 Å². The van der Waals surface area contributed by atoms with E-state index in [1.165, 1.54) is 12.1 Å². The summed E-state index contributed by atoms with van der Waals surface area (Å²) >= 11 is 1.62. The van der Waals surface area contributed by atoms with Gasteiger partial charge in [-0.3, -0.25) is 0 Å². The molecule has 0 aliphatic carbocycles. The van der Waals surface area contributed by atoms with E-state index in [0.29, 0.717) is 18.7 Å². The van der Waals surface area contributed by atoms with Crippen molar-refractivity contribution in [2.45, 2.75) is 6.42 Å². The number of halogens is 3. The third kappa shape index (κ3) is 2.84. The van der Waals surface area contributed by atoms with Crippen molar-refractivity contribution in [2.24, 2.45) is 0 Å². The molecule has 0 aliphatic rings. The van der Waals surface area contributed by atoms with Gasteiger partial charge in [0.25, 0.3) is 0 Å². The Labute approximate surface area is 95.0 Å². The van der Waals surface area contributed by atoms with Crippen molar-refractivity contribution in [1.29, 1.82) is 0 Å². The van der Waals surface area contributed by atoms with Crippen molar-refractivity contribution in [2.75, 3.05) is 11.9 Å². The van der Waals surface area contributed by atoms with Crippen LogP contribution in [-0.2, 0) is 0 Å². The molecule has 0 radical (unpaired) electrons. The van der Waals surface area contributed by atoms with Crippen LogP contribution in [0.25, 0.3) is 0 Å². The van der Waals surface area contributed by atoms with E-state index in [9.17, 15) is 8.78 Å². The van der Waals surface area contributed by atoms with E-state index >= 15 is 0 Å². The summed E-state index contributed by atoms with van der Waals surface area (Å²) in [5, 5.41) is 2.83.